The fourth-order valence-corrected chi connectivity index (χ4v) is 13.5. The van der Waals surface area contributed by atoms with Crippen LogP contribution in [0.1, 0.15) is 74.6 Å². The van der Waals surface area contributed by atoms with Crippen LogP contribution in [0.2, 0.25) is 0 Å². The molecule has 0 amide bonds. The fraction of sp³-hybridized carbons (Fsp3) is 0.250. The van der Waals surface area contributed by atoms with Gasteiger partial charge in [-0.25, -0.2) is 0 Å². The molecule has 2 heteroatoms. The molecule has 0 N–H and O–H groups in total. The molecule has 5 aliphatic carbocycles. The van der Waals surface area contributed by atoms with Crippen molar-refractivity contribution in [2.24, 2.45) is 23.7 Å². The van der Waals surface area contributed by atoms with Crippen molar-refractivity contribution in [3.63, 3.8) is 0 Å². The fourth-order valence-electron chi connectivity index (χ4n) is 13.5. The lowest BCUT2D eigenvalue weighted by atomic mass is 9.47. The van der Waals surface area contributed by atoms with Crippen LogP contribution in [0.5, 0.6) is 0 Å². The van der Waals surface area contributed by atoms with E-state index in [0.29, 0.717) is 5.92 Å². The molecule has 1 heterocycles. The van der Waals surface area contributed by atoms with Crippen molar-refractivity contribution in [2.45, 2.75) is 63.2 Å². The second-order valence-electron chi connectivity index (χ2n) is 18.9. The molecule has 3 bridgehead atoms. The van der Waals surface area contributed by atoms with Crippen molar-refractivity contribution in [3.05, 3.63) is 180 Å². The molecule has 58 heavy (non-hydrogen) atoms. The summed E-state index contributed by atoms with van der Waals surface area (Å²) in [5.41, 5.74) is 18.9. The van der Waals surface area contributed by atoms with Crippen molar-refractivity contribution in [3.8, 4) is 27.9 Å². The summed E-state index contributed by atoms with van der Waals surface area (Å²) in [7, 11) is 0. The summed E-state index contributed by atoms with van der Waals surface area (Å²) in [6, 6.07) is 60.4. The van der Waals surface area contributed by atoms with Gasteiger partial charge in [-0.2, -0.15) is 0 Å². The molecule has 3 fully saturated rings. The minimum Gasteiger partial charge on any atom is -0.310 e. The van der Waals surface area contributed by atoms with Crippen molar-refractivity contribution < 1.29 is 0 Å². The highest BCUT2D eigenvalue weighted by Crippen LogP contribution is 2.66. The number of hydrogen-bond acceptors (Lipinski definition) is 1. The van der Waals surface area contributed by atoms with Crippen molar-refractivity contribution in [2.75, 3.05) is 4.90 Å². The third kappa shape index (κ3) is 4.39. The predicted octanol–water partition coefficient (Wildman–Crippen LogP) is 14.7. The van der Waals surface area contributed by atoms with E-state index >= 15 is 0 Å². The summed E-state index contributed by atoms with van der Waals surface area (Å²) in [6.45, 7) is 4.81. The first kappa shape index (κ1) is 33.1. The second-order valence-corrected chi connectivity index (χ2v) is 18.9. The third-order valence-electron chi connectivity index (χ3n) is 15.9. The summed E-state index contributed by atoms with van der Waals surface area (Å²) in [5.74, 6) is 3.35. The molecule has 0 radical (unpaired) electrons. The molecule has 0 saturated heterocycles. The van der Waals surface area contributed by atoms with Crippen molar-refractivity contribution in [1.82, 2.24) is 4.57 Å². The summed E-state index contributed by atoms with van der Waals surface area (Å²) < 4.78 is 2.46. The van der Waals surface area contributed by atoms with Crippen LogP contribution in [0.25, 0.3) is 49.7 Å². The van der Waals surface area contributed by atoms with E-state index in [9.17, 15) is 0 Å². The number of nitrogens with zero attached hydrogens (tertiary/aromatic N) is 2. The molecular weight excluding hydrogens is 701 g/mol. The van der Waals surface area contributed by atoms with Gasteiger partial charge in [-0.15, -0.1) is 0 Å². The molecule has 1 spiro atoms. The Bertz CT molecular complexity index is 2980. The first-order valence-corrected chi connectivity index (χ1v) is 21.8. The molecule has 13 rings (SSSR count). The van der Waals surface area contributed by atoms with Crippen LogP contribution in [-0.2, 0) is 10.8 Å². The quantitative estimate of drug-likeness (QED) is 0.174. The van der Waals surface area contributed by atoms with Gasteiger partial charge in [0.1, 0.15) is 0 Å². The Kier molecular flexibility index (Phi) is 6.77. The zero-order chi connectivity index (χ0) is 38.3. The maximum atomic E-state index is 2.65. The van der Waals surface area contributed by atoms with Crippen LogP contribution in [0.15, 0.2) is 158 Å². The first-order chi connectivity index (χ1) is 28.5. The molecule has 282 valence electrons. The van der Waals surface area contributed by atoms with Gasteiger partial charge in [-0.05, 0) is 155 Å². The van der Waals surface area contributed by atoms with E-state index in [2.05, 4.69) is 181 Å². The molecule has 0 aliphatic heterocycles. The van der Waals surface area contributed by atoms with Gasteiger partial charge in [0.2, 0.25) is 0 Å². The lowest BCUT2D eigenvalue weighted by Crippen LogP contribution is -2.50. The van der Waals surface area contributed by atoms with Crippen LogP contribution < -0.4 is 4.90 Å². The molecule has 5 atom stereocenters. The van der Waals surface area contributed by atoms with Gasteiger partial charge in [-0.3, -0.25) is 0 Å². The molecule has 2 nitrogen and oxygen atoms in total. The lowest BCUT2D eigenvalue weighted by molar-refractivity contribution is -0.0103. The molecule has 3 saturated carbocycles. The van der Waals surface area contributed by atoms with E-state index in [0.717, 1.165) is 17.8 Å². The van der Waals surface area contributed by atoms with Gasteiger partial charge in [0, 0.05) is 44.4 Å². The maximum Gasteiger partial charge on any atom is 0.0561 e. The number of anilines is 3. The van der Waals surface area contributed by atoms with E-state index in [1.165, 1.54) is 116 Å². The minimum atomic E-state index is -0.0974. The summed E-state index contributed by atoms with van der Waals surface area (Å²) in [4.78, 5) is 2.58. The standard InChI is InChI=1S/C56H48N2/c1-55(2)49-17-9-6-14-43(49)45-25-22-40(31-51(45)55)57(42-24-27-48-47-16-8-11-19-53(47)58(54(48)33-42)39-12-4-3-5-13-39)41-23-26-46-44-15-7-10-18-50(44)56(52(46)32-41)34-36-21-20-35-28-37(36)30-38(56)29-35/h3-19,22-27,31-33,35-38H,20-21,28-30,34H2,1-2H3. The monoisotopic (exact) mass is 748 g/mol. The number of benzene rings is 7. The Morgan fingerprint density at radius 2 is 1.10 bits per heavy atom. The van der Waals surface area contributed by atoms with E-state index in [1.54, 1.807) is 11.1 Å². The Morgan fingerprint density at radius 3 is 1.93 bits per heavy atom. The van der Waals surface area contributed by atoms with Gasteiger partial charge in [0.25, 0.3) is 0 Å². The Balaban J connectivity index is 1.05. The van der Waals surface area contributed by atoms with E-state index in [-0.39, 0.29) is 10.8 Å². The van der Waals surface area contributed by atoms with Gasteiger partial charge in [-0.1, -0.05) is 123 Å². The van der Waals surface area contributed by atoms with E-state index in [1.807, 2.05) is 0 Å². The Morgan fingerprint density at radius 1 is 0.483 bits per heavy atom. The predicted molar refractivity (Wildman–Crippen MR) is 241 cm³/mol. The minimum absolute atomic E-state index is 0.0825. The maximum absolute atomic E-state index is 2.65. The summed E-state index contributed by atoms with van der Waals surface area (Å²) in [5, 5.41) is 2.56. The topological polar surface area (TPSA) is 8.17 Å². The van der Waals surface area contributed by atoms with Crippen LogP contribution >= 0.6 is 0 Å². The Labute approximate surface area is 341 Å². The third-order valence-corrected chi connectivity index (χ3v) is 15.9. The van der Waals surface area contributed by atoms with Crippen molar-refractivity contribution >= 4 is 38.9 Å². The summed E-state index contributed by atoms with van der Waals surface area (Å²) >= 11 is 0. The van der Waals surface area contributed by atoms with E-state index < -0.39 is 0 Å². The second kappa shape index (κ2) is 11.9. The zero-order valence-corrected chi connectivity index (χ0v) is 33.5. The number of fused-ring (bicyclic) bond motifs is 14. The van der Waals surface area contributed by atoms with Crippen molar-refractivity contribution in [1.29, 1.82) is 0 Å². The largest absolute Gasteiger partial charge is 0.310 e. The molecule has 7 aromatic carbocycles. The number of aromatic nitrogens is 1. The molecule has 5 unspecified atom stereocenters. The number of hydrogen-bond donors (Lipinski definition) is 0. The van der Waals surface area contributed by atoms with Crippen LogP contribution in [-0.4, -0.2) is 4.57 Å². The number of rotatable bonds is 4. The van der Waals surface area contributed by atoms with Crippen LogP contribution in [0.3, 0.4) is 0 Å². The Hall–Kier alpha value is -5.86. The zero-order valence-electron chi connectivity index (χ0n) is 33.5. The van der Waals surface area contributed by atoms with Gasteiger partial charge in [0.15, 0.2) is 0 Å². The first-order valence-electron chi connectivity index (χ1n) is 21.8. The molecule has 1 aromatic heterocycles. The van der Waals surface area contributed by atoms with Gasteiger partial charge >= 0.3 is 0 Å². The molecular formula is C56H48N2. The average Bonchev–Trinajstić information content (AvgIpc) is 3.82. The summed E-state index contributed by atoms with van der Waals surface area (Å²) in [6.07, 6.45) is 8.40. The van der Waals surface area contributed by atoms with Gasteiger partial charge < -0.3 is 9.47 Å². The highest BCUT2D eigenvalue weighted by molar-refractivity contribution is 6.10. The van der Waals surface area contributed by atoms with Crippen LogP contribution in [0, 0.1) is 23.7 Å². The molecule has 5 aliphatic rings. The highest BCUT2D eigenvalue weighted by atomic mass is 15.1. The average molecular weight is 749 g/mol. The normalized spacial score (nSPS) is 24.2. The number of para-hydroxylation sites is 2. The smallest absolute Gasteiger partial charge is 0.0561 e. The van der Waals surface area contributed by atoms with Crippen LogP contribution in [0.4, 0.5) is 17.1 Å². The SMILES string of the molecule is CC1(C)c2ccccc2-c2ccc(N(c3ccc4c(c3)C3(CC5CCC6CC5CC3C6)c3ccccc3-4)c3ccc4c5ccccc5n(-c5ccccc5)c4c3)cc21. The highest BCUT2D eigenvalue weighted by Gasteiger charge is 2.57. The lowest BCUT2D eigenvalue weighted by Gasteiger charge is -2.57. The van der Waals surface area contributed by atoms with E-state index in [4.69, 9.17) is 0 Å². The van der Waals surface area contributed by atoms with Gasteiger partial charge in [0.05, 0.1) is 11.0 Å². The molecule has 8 aromatic rings.